The van der Waals surface area contributed by atoms with Crippen LogP contribution in [-0.2, 0) is 29.5 Å². The lowest BCUT2D eigenvalue weighted by molar-refractivity contribution is 0.0662. The molecule has 1 N–H and O–H groups in total. The van der Waals surface area contributed by atoms with E-state index in [4.69, 9.17) is 20.4 Å². The number of hydrogen-bond donors (Lipinski definition) is 1. The van der Waals surface area contributed by atoms with Crippen LogP contribution in [0.25, 0.3) is 11.0 Å². The summed E-state index contributed by atoms with van der Waals surface area (Å²) in [5, 5.41) is 10.5. The third-order valence-corrected chi connectivity index (χ3v) is 11.6. The van der Waals surface area contributed by atoms with E-state index in [1.807, 2.05) is 25.1 Å². The number of nitrogens with zero attached hydrogens (tertiary/aromatic N) is 3. The van der Waals surface area contributed by atoms with E-state index in [2.05, 4.69) is 4.90 Å². The Morgan fingerprint density at radius 3 is 2.38 bits per heavy atom. The Hall–Kier alpha value is -4.74. The molecule has 0 atom stereocenters. The number of carbonyl (C=O) groups excluding carboxylic acids is 1. The number of anilines is 2. The molecule has 5 aromatic rings. The zero-order valence-corrected chi connectivity index (χ0v) is 29.9. The van der Waals surface area contributed by atoms with Crippen molar-refractivity contribution >= 4 is 55.8 Å². The minimum absolute atomic E-state index is 0.0657. The van der Waals surface area contributed by atoms with Crippen LogP contribution in [0.4, 0.5) is 11.4 Å². The number of aryl methyl sites for hydroxylation is 2. The van der Waals surface area contributed by atoms with Gasteiger partial charge in [0.2, 0.25) is 5.76 Å². The van der Waals surface area contributed by atoms with Gasteiger partial charge < -0.3 is 23.7 Å². The number of amides is 1. The first-order valence-electron chi connectivity index (χ1n) is 16.8. The normalized spacial score (nSPS) is 13.5. The van der Waals surface area contributed by atoms with E-state index < -0.39 is 16.0 Å². The minimum atomic E-state index is -4.20. The zero-order chi connectivity index (χ0) is 35.6. The third kappa shape index (κ3) is 6.72. The lowest BCUT2D eigenvalue weighted by Crippen LogP contribution is -2.35. The van der Waals surface area contributed by atoms with Gasteiger partial charge in [-0.25, -0.2) is 13.2 Å². The van der Waals surface area contributed by atoms with Crippen molar-refractivity contribution < 1.29 is 31.9 Å². The van der Waals surface area contributed by atoms with Gasteiger partial charge in [-0.15, -0.1) is 0 Å². The molecule has 1 aliphatic heterocycles. The molecule has 0 saturated carbocycles. The summed E-state index contributed by atoms with van der Waals surface area (Å²) in [5.74, 6) is -1.19. The topological polar surface area (TPSA) is 125 Å². The van der Waals surface area contributed by atoms with Crippen molar-refractivity contribution in [1.29, 1.82) is 0 Å². The lowest BCUT2D eigenvalue weighted by Gasteiger charge is -2.32. The molecule has 0 bridgehead atoms. The smallest absolute Gasteiger partial charge is 0.372 e. The number of carboxylic acids is 1. The Balaban J connectivity index is 1.49. The predicted octanol–water partition coefficient (Wildman–Crippen LogP) is 8.30. The SMILES string of the molecule is CCc1c(S(=O)(=O)N(CC)c2ccc(N3CCCCC3)cc2CN(Cc2ccco2)C(=O)c2ccccc2Cl)ccc2oc(C(=O)O)c(C)c12. The summed E-state index contributed by atoms with van der Waals surface area (Å²) in [6, 6.07) is 19.1. The number of fused-ring (bicyclic) bond motifs is 1. The van der Waals surface area contributed by atoms with Gasteiger partial charge >= 0.3 is 5.97 Å². The highest BCUT2D eigenvalue weighted by Gasteiger charge is 2.32. The van der Waals surface area contributed by atoms with Crippen LogP contribution in [0.5, 0.6) is 0 Å². The first-order chi connectivity index (χ1) is 24.0. The second kappa shape index (κ2) is 14.6. The van der Waals surface area contributed by atoms with Gasteiger partial charge in [0.05, 0.1) is 34.0 Å². The summed E-state index contributed by atoms with van der Waals surface area (Å²) in [6.07, 6.45) is 5.14. The molecule has 262 valence electrons. The minimum Gasteiger partial charge on any atom is -0.475 e. The average molecular weight is 718 g/mol. The molecule has 0 spiro atoms. The number of halogens is 1. The number of carbonyl (C=O) groups is 2. The fourth-order valence-corrected chi connectivity index (χ4v) is 8.91. The van der Waals surface area contributed by atoms with Gasteiger partial charge in [-0.05, 0) is 105 Å². The second-order valence-electron chi connectivity index (χ2n) is 12.4. The highest BCUT2D eigenvalue weighted by atomic mass is 35.5. The van der Waals surface area contributed by atoms with Gasteiger partial charge in [-0.1, -0.05) is 30.7 Å². The van der Waals surface area contributed by atoms with Crippen LogP contribution in [0.15, 0.2) is 86.7 Å². The molecule has 1 saturated heterocycles. The molecule has 6 rings (SSSR count). The Morgan fingerprint density at radius 2 is 1.72 bits per heavy atom. The number of benzene rings is 3. The predicted molar refractivity (Wildman–Crippen MR) is 194 cm³/mol. The quantitative estimate of drug-likeness (QED) is 0.137. The van der Waals surface area contributed by atoms with E-state index >= 15 is 0 Å². The standard InChI is InChI=1S/C38H40ClN3O7S/c1-4-29-34(18-17-33-35(29)25(3)36(49-33)38(44)45)50(46,47)42(5-2)32-16-15-27(40-19-9-6-10-20-40)22-26(32)23-41(24-28-12-11-21-48-28)37(43)30-13-7-8-14-31(30)39/h7-8,11-18,21-22H,4-6,9-10,19-20,23-24H2,1-3H3,(H,44,45). The molecular formula is C38H40ClN3O7S. The largest absolute Gasteiger partial charge is 0.475 e. The van der Waals surface area contributed by atoms with Crippen molar-refractivity contribution in [2.45, 2.75) is 64.4 Å². The molecule has 0 unspecified atom stereocenters. The molecule has 10 nitrogen and oxygen atoms in total. The second-order valence-corrected chi connectivity index (χ2v) is 14.6. The maximum atomic E-state index is 14.8. The molecule has 1 aliphatic rings. The maximum Gasteiger partial charge on any atom is 0.372 e. The van der Waals surface area contributed by atoms with Gasteiger partial charge in [0.25, 0.3) is 15.9 Å². The first kappa shape index (κ1) is 35.1. The van der Waals surface area contributed by atoms with Crippen LogP contribution in [0.1, 0.15) is 76.5 Å². The lowest BCUT2D eigenvalue weighted by atomic mass is 10.0. The molecule has 50 heavy (non-hydrogen) atoms. The van der Waals surface area contributed by atoms with Crippen molar-refractivity contribution in [1.82, 2.24) is 4.90 Å². The van der Waals surface area contributed by atoms with Gasteiger partial charge in [0.15, 0.2) is 0 Å². The summed E-state index contributed by atoms with van der Waals surface area (Å²) in [4.78, 5) is 30.0. The number of furan rings is 2. The van der Waals surface area contributed by atoms with Gasteiger partial charge in [-0.2, -0.15) is 0 Å². The summed E-state index contributed by atoms with van der Waals surface area (Å²) in [5.41, 5.74) is 3.52. The molecule has 3 aromatic carbocycles. The number of carboxylic acid groups (broad SMARTS) is 1. The van der Waals surface area contributed by atoms with Gasteiger partial charge in [0, 0.05) is 42.8 Å². The molecule has 1 fully saturated rings. The zero-order valence-electron chi connectivity index (χ0n) is 28.3. The Kier molecular flexibility index (Phi) is 10.3. The molecular weight excluding hydrogens is 678 g/mol. The van der Waals surface area contributed by atoms with Crippen LogP contribution in [0.2, 0.25) is 5.02 Å². The molecule has 2 aromatic heterocycles. The number of sulfonamides is 1. The van der Waals surface area contributed by atoms with Crippen LogP contribution in [0, 0.1) is 6.92 Å². The maximum absolute atomic E-state index is 14.8. The molecule has 1 amide bonds. The molecule has 12 heteroatoms. The van der Waals surface area contributed by atoms with E-state index in [0.717, 1.165) is 38.0 Å². The van der Waals surface area contributed by atoms with Crippen LogP contribution >= 0.6 is 11.6 Å². The van der Waals surface area contributed by atoms with E-state index in [0.29, 0.717) is 56.1 Å². The summed E-state index contributed by atoms with van der Waals surface area (Å²) in [7, 11) is -4.20. The number of rotatable bonds is 12. The fourth-order valence-electron chi connectivity index (χ4n) is 6.88. The Bertz CT molecular complexity index is 2140. The first-order valence-corrected chi connectivity index (χ1v) is 18.6. The van der Waals surface area contributed by atoms with Crippen molar-refractivity contribution in [2.24, 2.45) is 0 Å². The van der Waals surface area contributed by atoms with E-state index in [-0.39, 0.29) is 36.2 Å². The summed E-state index contributed by atoms with van der Waals surface area (Å²) in [6.45, 7) is 7.29. The monoisotopic (exact) mass is 717 g/mol. The highest BCUT2D eigenvalue weighted by Crippen LogP contribution is 2.38. The third-order valence-electron chi connectivity index (χ3n) is 9.29. The molecule has 3 heterocycles. The molecule has 0 radical (unpaired) electrons. The summed E-state index contributed by atoms with van der Waals surface area (Å²) < 4.78 is 42.2. The van der Waals surface area contributed by atoms with Gasteiger partial charge in [-0.3, -0.25) is 9.10 Å². The Morgan fingerprint density at radius 1 is 0.960 bits per heavy atom. The molecule has 0 aliphatic carbocycles. The number of hydrogen-bond acceptors (Lipinski definition) is 7. The van der Waals surface area contributed by atoms with Crippen LogP contribution < -0.4 is 9.21 Å². The van der Waals surface area contributed by atoms with Crippen molar-refractivity contribution in [3.05, 3.63) is 112 Å². The van der Waals surface area contributed by atoms with E-state index in [1.165, 1.54) is 16.4 Å². The van der Waals surface area contributed by atoms with E-state index in [1.54, 1.807) is 61.4 Å². The number of aromatic carboxylic acids is 1. The van der Waals surface area contributed by atoms with Gasteiger partial charge in [0.1, 0.15) is 11.3 Å². The fraction of sp³-hybridized carbons (Fsp3) is 0.316. The van der Waals surface area contributed by atoms with E-state index in [9.17, 15) is 23.1 Å². The van der Waals surface area contributed by atoms with Crippen molar-refractivity contribution in [2.75, 3.05) is 28.8 Å². The van der Waals surface area contributed by atoms with Crippen LogP contribution in [-0.4, -0.2) is 49.9 Å². The van der Waals surface area contributed by atoms with Crippen molar-refractivity contribution in [3.8, 4) is 0 Å². The van der Waals surface area contributed by atoms with Crippen LogP contribution in [0.3, 0.4) is 0 Å². The van der Waals surface area contributed by atoms with Crippen molar-refractivity contribution in [3.63, 3.8) is 0 Å². The summed E-state index contributed by atoms with van der Waals surface area (Å²) >= 11 is 6.50. The highest BCUT2D eigenvalue weighted by molar-refractivity contribution is 7.93. The number of piperidine rings is 1. The Labute approximate surface area is 296 Å². The average Bonchev–Trinajstić information content (AvgIpc) is 3.76.